The number of fused-ring (bicyclic) bond motifs is 2. The van der Waals surface area contributed by atoms with Crippen molar-refractivity contribution >= 4 is 31.5 Å². The second-order valence-electron chi connectivity index (χ2n) is 6.15. The van der Waals surface area contributed by atoms with Crippen LogP contribution < -0.4 is 5.43 Å². The van der Waals surface area contributed by atoms with Gasteiger partial charge in [0.2, 0.25) is 5.82 Å². The highest BCUT2D eigenvalue weighted by molar-refractivity contribution is 7.24. The lowest BCUT2D eigenvalue weighted by atomic mass is 10.0. The number of nitrogens with zero attached hydrogens (tertiary/aromatic N) is 4. The molecule has 4 rings (SSSR count). The highest BCUT2D eigenvalue weighted by atomic mass is 32.1. The second-order valence-corrected chi connectivity index (χ2v) is 7.24. The molecular formula is C18H16N4OS. The third-order valence-corrected chi connectivity index (χ3v) is 5.26. The molecule has 0 atom stereocenters. The van der Waals surface area contributed by atoms with Crippen molar-refractivity contribution in [3.8, 4) is 11.4 Å². The van der Waals surface area contributed by atoms with Gasteiger partial charge in [0.25, 0.3) is 0 Å². The van der Waals surface area contributed by atoms with E-state index in [1.807, 2.05) is 30.3 Å². The Morgan fingerprint density at radius 2 is 1.88 bits per heavy atom. The largest absolute Gasteiger partial charge is 0.289 e. The molecule has 6 heteroatoms. The molecule has 2 aromatic carbocycles. The monoisotopic (exact) mass is 336 g/mol. The average molecular weight is 336 g/mol. The van der Waals surface area contributed by atoms with Gasteiger partial charge in [-0.05, 0) is 41.0 Å². The number of tetrazole rings is 1. The van der Waals surface area contributed by atoms with E-state index in [4.69, 9.17) is 0 Å². The van der Waals surface area contributed by atoms with Crippen molar-refractivity contribution in [3.63, 3.8) is 0 Å². The summed E-state index contributed by atoms with van der Waals surface area (Å²) in [6, 6.07) is 11.9. The quantitative estimate of drug-likeness (QED) is 0.523. The van der Waals surface area contributed by atoms with Gasteiger partial charge >= 0.3 is 0 Å². The summed E-state index contributed by atoms with van der Waals surface area (Å²) in [5.41, 5.74) is 2.14. The molecule has 0 fully saturated rings. The van der Waals surface area contributed by atoms with Crippen LogP contribution in [0.15, 0.2) is 41.2 Å². The molecule has 0 radical (unpaired) electrons. The van der Waals surface area contributed by atoms with E-state index in [0.717, 1.165) is 25.7 Å². The van der Waals surface area contributed by atoms with Crippen LogP contribution in [0.2, 0.25) is 0 Å². The van der Waals surface area contributed by atoms with Crippen molar-refractivity contribution in [1.29, 1.82) is 0 Å². The molecule has 0 spiro atoms. The minimum atomic E-state index is 0.0832. The van der Waals surface area contributed by atoms with Crippen LogP contribution in [0.4, 0.5) is 0 Å². The van der Waals surface area contributed by atoms with Crippen molar-refractivity contribution in [3.05, 3.63) is 52.2 Å². The molecule has 0 N–H and O–H groups in total. The van der Waals surface area contributed by atoms with Gasteiger partial charge in [-0.15, -0.1) is 21.5 Å². The molecule has 2 aromatic heterocycles. The summed E-state index contributed by atoms with van der Waals surface area (Å²) in [5.74, 6) is 0.967. The van der Waals surface area contributed by atoms with Crippen molar-refractivity contribution in [2.75, 3.05) is 0 Å². The third-order valence-electron chi connectivity index (χ3n) is 4.13. The zero-order valence-corrected chi connectivity index (χ0v) is 14.5. The van der Waals surface area contributed by atoms with E-state index < -0.39 is 0 Å². The number of benzene rings is 2. The predicted molar refractivity (Wildman–Crippen MR) is 97.5 cm³/mol. The van der Waals surface area contributed by atoms with Crippen LogP contribution in [-0.4, -0.2) is 20.2 Å². The van der Waals surface area contributed by atoms with Crippen LogP contribution in [0.25, 0.3) is 31.6 Å². The molecule has 2 heterocycles. The first-order valence-electron chi connectivity index (χ1n) is 7.78. The maximum absolute atomic E-state index is 12.9. The highest BCUT2D eigenvalue weighted by Gasteiger charge is 2.11. The lowest BCUT2D eigenvalue weighted by molar-refractivity contribution is 0.630. The van der Waals surface area contributed by atoms with Gasteiger partial charge in [-0.1, -0.05) is 26.0 Å². The zero-order chi connectivity index (χ0) is 16.8. The Morgan fingerprint density at radius 3 is 2.58 bits per heavy atom. The molecule has 0 unspecified atom stereocenters. The van der Waals surface area contributed by atoms with E-state index in [0.29, 0.717) is 11.7 Å². The molecule has 0 aliphatic heterocycles. The molecular weight excluding hydrogens is 320 g/mol. The summed E-state index contributed by atoms with van der Waals surface area (Å²) in [6.07, 6.45) is 0. The normalized spacial score (nSPS) is 11.7. The van der Waals surface area contributed by atoms with Gasteiger partial charge in [0.15, 0.2) is 5.43 Å². The molecule has 0 saturated carbocycles. The summed E-state index contributed by atoms with van der Waals surface area (Å²) < 4.78 is 1.94. The van der Waals surface area contributed by atoms with Gasteiger partial charge in [0.1, 0.15) is 0 Å². The Labute approximate surface area is 142 Å². The summed E-state index contributed by atoms with van der Waals surface area (Å²) in [6.45, 7) is 4.27. The van der Waals surface area contributed by atoms with Gasteiger partial charge in [0, 0.05) is 25.7 Å². The summed E-state index contributed by atoms with van der Waals surface area (Å²) in [4.78, 5) is 14.3. The SMILES string of the molecule is CC(C)c1ccc2sc3cc(-c4nnn(C)n4)ccc3c(=O)c2c1. The van der Waals surface area contributed by atoms with Crippen molar-refractivity contribution in [2.24, 2.45) is 7.05 Å². The number of rotatable bonds is 2. The fraction of sp³-hybridized carbons (Fsp3) is 0.222. The predicted octanol–water partition coefficient (Wildman–Crippen LogP) is 3.73. The standard InChI is InChI=1S/C18H16N4OS/c1-10(2)11-5-7-15-14(8-11)17(23)13-6-4-12(9-16(13)24-15)18-19-21-22(3)20-18/h4-10H,1-3H3. The minimum Gasteiger partial charge on any atom is -0.289 e. The minimum absolute atomic E-state index is 0.0832. The Bertz CT molecular complexity index is 1130. The van der Waals surface area contributed by atoms with E-state index in [-0.39, 0.29) is 5.43 Å². The number of hydrogen-bond donors (Lipinski definition) is 0. The van der Waals surface area contributed by atoms with Gasteiger partial charge in [-0.25, -0.2) is 0 Å². The molecule has 0 aliphatic rings. The molecule has 0 saturated heterocycles. The van der Waals surface area contributed by atoms with Crippen LogP contribution in [0.3, 0.4) is 0 Å². The van der Waals surface area contributed by atoms with E-state index in [1.54, 1.807) is 18.4 Å². The zero-order valence-electron chi connectivity index (χ0n) is 13.6. The van der Waals surface area contributed by atoms with Crippen molar-refractivity contribution in [2.45, 2.75) is 19.8 Å². The summed E-state index contributed by atoms with van der Waals surface area (Å²) in [5, 5.41) is 13.7. The van der Waals surface area contributed by atoms with E-state index >= 15 is 0 Å². The maximum Gasteiger partial charge on any atom is 0.204 e. The highest BCUT2D eigenvalue weighted by Crippen LogP contribution is 2.29. The molecule has 4 aromatic rings. The second kappa shape index (κ2) is 5.49. The first-order chi connectivity index (χ1) is 11.5. The van der Waals surface area contributed by atoms with Gasteiger partial charge in [-0.3, -0.25) is 4.79 Å². The van der Waals surface area contributed by atoms with Crippen molar-refractivity contribution in [1.82, 2.24) is 20.2 Å². The molecule has 120 valence electrons. The lowest BCUT2D eigenvalue weighted by Gasteiger charge is -2.07. The fourth-order valence-electron chi connectivity index (χ4n) is 2.77. The molecule has 24 heavy (non-hydrogen) atoms. The van der Waals surface area contributed by atoms with E-state index in [2.05, 4.69) is 35.3 Å². The molecule has 5 nitrogen and oxygen atoms in total. The lowest BCUT2D eigenvalue weighted by Crippen LogP contribution is -2.02. The van der Waals surface area contributed by atoms with Crippen LogP contribution in [0.1, 0.15) is 25.3 Å². The Morgan fingerprint density at radius 1 is 1.04 bits per heavy atom. The van der Waals surface area contributed by atoms with Crippen LogP contribution in [0, 0.1) is 0 Å². The van der Waals surface area contributed by atoms with E-state index in [1.165, 1.54) is 10.4 Å². The van der Waals surface area contributed by atoms with Crippen molar-refractivity contribution < 1.29 is 0 Å². The third kappa shape index (κ3) is 2.39. The van der Waals surface area contributed by atoms with Gasteiger partial charge in [0.05, 0.1) is 7.05 Å². The topological polar surface area (TPSA) is 60.7 Å². The number of aromatic nitrogens is 4. The Balaban J connectivity index is 1.97. The van der Waals surface area contributed by atoms with Gasteiger partial charge in [-0.2, -0.15) is 4.80 Å². The van der Waals surface area contributed by atoms with Gasteiger partial charge < -0.3 is 0 Å². The maximum atomic E-state index is 12.9. The Kier molecular flexibility index (Phi) is 3.42. The average Bonchev–Trinajstić information content (AvgIpc) is 3.00. The molecule has 0 aliphatic carbocycles. The Hall–Kier alpha value is -2.60. The number of hydrogen-bond acceptors (Lipinski definition) is 5. The van der Waals surface area contributed by atoms with Crippen LogP contribution >= 0.6 is 11.3 Å². The summed E-state index contributed by atoms with van der Waals surface area (Å²) >= 11 is 1.62. The summed E-state index contributed by atoms with van der Waals surface area (Å²) in [7, 11) is 1.73. The first kappa shape index (κ1) is 15.0. The number of aryl methyl sites for hydroxylation is 1. The fourth-order valence-corrected chi connectivity index (χ4v) is 3.86. The molecule has 0 amide bonds. The van der Waals surface area contributed by atoms with Crippen LogP contribution in [-0.2, 0) is 7.05 Å². The van der Waals surface area contributed by atoms with Crippen LogP contribution in [0.5, 0.6) is 0 Å². The smallest absolute Gasteiger partial charge is 0.204 e. The first-order valence-corrected chi connectivity index (χ1v) is 8.59. The van der Waals surface area contributed by atoms with E-state index in [9.17, 15) is 4.79 Å². The molecule has 0 bridgehead atoms.